The van der Waals surface area contributed by atoms with Crippen molar-refractivity contribution in [1.82, 2.24) is 15.0 Å². The molecule has 2 rings (SSSR count). The predicted octanol–water partition coefficient (Wildman–Crippen LogP) is 2.31. The Morgan fingerprint density at radius 2 is 1.94 bits per heavy atom. The fraction of sp³-hybridized carbons (Fsp3) is 0.308. The van der Waals surface area contributed by atoms with Crippen molar-refractivity contribution in [3.8, 4) is 11.3 Å². The van der Waals surface area contributed by atoms with Gasteiger partial charge >= 0.3 is 5.97 Å². The molecule has 2 aromatic rings. The van der Waals surface area contributed by atoms with Gasteiger partial charge in [0, 0.05) is 11.6 Å². The molecule has 5 heteroatoms. The number of ether oxygens (including phenoxy) is 1. The van der Waals surface area contributed by atoms with E-state index in [2.05, 4.69) is 15.0 Å². The highest BCUT2D eigenvalue weighted by Crippen LogP contribution is 2.18. The lowest BCUT2D eigenvalue weighted by molar-refractivity contribution is 0.0601. The van der Waals surface area contributed by atoms with E-state index in [0.29, 0.717) is 5.56 Å². The molecule has 0 unspecified atom stereocenters. The van der Waals surface area contributed by atoms with Crippen LogP contribution in [0.4, 0.5) is 0 Å². The van der Waals surface area contributed by atoms with Crippen LogP contribution in [-0.2, 0) is 4.74 Å². The fourth-order valence-electron chi connectivity index (χ4n) is 1.56. The van der Waals surface area contributed by atoms with Gasteiger partial charge in [0.15, 0.2) is 0 Å². The number of esters is 1. The van der Waals surface area contributed by atoms with Gasteiger partial charge in [-0.1, -0.05) is 17.3 Å². The number of methoxy groups -OCH3 is 1. The van der Waals surface area contributed by atoms with Crippen molar-refractivity contribution in [3.05, 3.63) is 36.0 Å². The lowest BCUT2D eigenvalue weighted by atomic mass is 10.1. The summed E-state index contributed by atoms with van der Waals surface area (Å²) in [6, 6.07) is 7.38. The Morgan fingerprint density at radius 1 is 1.28 bits per heavy atom. The van der Waals surface area contributed by atoms with Gasteiger partial charge in [-0.15, -0.1) is 5.10 Å². The van der Waals surface area contributed by atoms with Crippen molar-refractivity contribution in [2.75, 3.05) is 7.11 Å². The highest BCUT2D eigenvalue weighted by atomic mass is 16.5. The number of carbonyl (C=O) groups excluding carboxylic acids is 1. The summed E-state index contributed by atoms with van der Waals surface area (Å²) >= 11 is 0. The van der Waals surface area contributed by atoms with Gasteiger partial charge in [0.1, 0.15) is 5.69 Å². The summed E-state index contributed by atoms with van der Waals surface area (Å²) in [5.74, 6) is -0.340. The standard InChI is InChI=1S/C13H15N3O2/c1-9(2)16-8-12(14-15-16)10-4-6-11(7-5-10)13(17)18-3/h4-9H,1-3H3. The number of hydrogen-bond acceptors (Lipinski definition) is 4. The molecule has 0 aliphatic heterocycles. The Bertz CT molecular complexity index is 544. The molecule has 0 amide bonds. The number of nitrogens with zero attached hydrogens (tertiary/aromatic N) is 3. The Hall–Kier alpha value is -2.17. The SMILES string of the molecule is COC(=O)c1ccc(-c2cn(C(C)C)nn2)cc1. The van der Waals surface area contributed by atoms with Crippen LogP contribution in [0.5, 0.6) is 0 Å². The number of benzene rings is 1. The van der Waals surface area contributed by atoms with Crippen LogP contribution in [0, 0.1) is 0 Å². The van der Waals surface area contributed by atoms with Gasteiger partial charge in [-0.25, -0.2) is 9.48 Å². The molecule has 0 saturated carbocycles. The fourth-order valence-corrected chi connectivity index (χ4v) is 1.56. The number of rotatable bonds is 3. The average Bonchev–Trinajstić information content (AvgIpc) is 2.88. The molecule has 1 aromatic carbocycles. The van der Waals surface area contributed by atoms with Crippen LogP contribution in [0.3, 0.4) is 0 Å². The second-order valence-electron chi connectivity index (χ2n) is 4.25. The van der Waals surface area contributed by atoms with E-state index in [-0.39, 0.29) is 12.0 Å². The summed E-state index contributed by atoms with van der Waals surface area (Å²) in [6.45, 7) is 4.08. The van der Waals surface area contributed by atoms with Crippen LogP contribution in [0.1, 0.15) is 30.2 Å². The molecule has 0 aliphatic rings. The molecular formula is C13H15N3O2. The lowest BCUT2D eigenvalue weighted by Gasteiger charge is -2.02. The van der Waals surface area contributed by atoms with Gasteiger partial charge in [-0.3, -0.25) is 0 Å². The summed E-state index contributed by atoms with van der Waals surface area (Å²) in [5, 5.41) is 8.14. The zero-order valence-corrected chi connectivity index (χ0v) is 10.6. The molecule has 18 heavy (non-hydrogen) atoms. The Kier molecular flexibility index (Phi) is 3.41. The van der Waals surface area contributed by atoms with E-state index < -0.39 is 0 Å². The summed E-state index contributed by atoms with van der Waals surface area (Å²) in [4.78, 5) is 11.3. The first-order valence-corrected chi connectivity index (χ1v) is 5.72. The molecule has 0 fully saturated rings. The van der Waals surface area contributed by atoms with E-state index in [9.17, 15) is 4.79 Å². The van der Waals surface area contributed by atoms with E-state index >= 15 is 0 Å². The summed E-state index contributed by atoms with van der Waals surface area (Å²) in [7, 11) is 1.37. The molecule has 1 heterocycles. The van der Waals surface area contributed by atoms with Crippen molar-refractivity contribution >= 4 is 5.97 Å². The van der Waals surface area contributed by atoms with Gasteiger partial charge in [-0.05, 0) is 26.0 Å². The molecule has 0 atom stereocenters. The zero-order chi connectivity index (χ0) is 13.1. The normalized spacial score (nSPS) is 10.7. The smallest absolute Gasteiger partial charge is 0.337 e. The van der Waals surface area contributed by atoms with Gasteiger partial charge in [0.2, 0.25) is 0 Å². The summed E-state index contributed by atoms with van der Waals surface area (Å²) in [6.07, 6.45) is 1.89. The van der Waals surface area contributed by atoms with Crippen LogP contribution in [0.25, 0.3) is 11.3 Å². The van der Waals surface area contributed by atoms with E-state index in [4.69, 9.17) is 0 Å². The minimum atomic E-state index is -0.340. The van der Waals surface area contributed by atoms with Crippen LogP contribution in [0.2, 0.25) is 0 Å². The Labute approximate surface area is 105 Å². The van der Waals surface area contributed by atoms with Crippen molar-refractivity contribution in [2.24, 2.45) is 0 Å². The first-order chi connectivity index (χ1) is 8.61. The second-order valence-corrected chi connectivity index (χ2v) is 4.25. The van der Waals surface area contributed by atoms with Crippen molar-refractivity contribution < 1.29 is 9.53 Å². The number of carbonyl (C=O) groups is 1. The lowest BCUT2D eigenvalue weighted by Crippen LogP contribution is -2.00. The first kappa shape index (κ1) is 12.3. The number of hydrogen-bond donors (Lipinski definition) is 0. The Balaban J connectivity index is 2.25. The monoisotopic (exact) mass is 245 g/mol. The summed E-state index contributed by atoms with van der Waals surface area (Å²) in [5.41, 5.74) is 2.24. The van der Waals surface area contributed by atoms with Crippen molar-refractivity contribution in [2.45, 2.75) is 19.9 Å². The van der Waals surface area contributed by atoms with Crippen molar-refractivity contribution in [3.63, 3.8) is 0 Å². The van der Waals surface area contributed by atoms with Gasteiger partial charge in [0.25, 0.3) is 0 Å². The van der Waals surface area contributed by atoms with Crippen LogP contribution in [0.15, 0.2) is 30.5 Å². The molecule has 0 saturated heterocycles. The van der Waals surface area contributed by atoms with E-state index in [1.165, 1.54) is 7.11 Å². The highest BCUT2D eigenvalue weighted by Gasteiger charge is 2.08. The molecule has 0 N–H and O–H groups in total. The number of aromatic nitrogens is 3. The highest BCUT2D eigenvalue weighted by molar-refractivity contribution is 5.89. The van der Waals surface area contributed by atoms with E-state index in [1.807, 2.05) is 32.2 Å². The topological polar surface area (TPSA) is 57.0 Å². The molecular weight excluding hydrogens is 230 g/mol. The Morgan fingerprint density at radius 3 is 2.44 bits per heavy atom. The maximum absolute atomic E-state index is 11.3. The molecule has 1 aromatic heterocycles. The minimum absolute atomic E-state index is 0.278. The molecule has 5 nitrogen and oxygen atoms in total. The largest absolute Gasteiger partial charge is 0.465 e. The van der Waals surface area contributed by atoms with Crippen molar-refractivity contribution in [1.29, 1.82) is 0 Å². The minimum Gasteiger partial charge on any atom is -0.465 e. The third kappa shape index (κ3) is 2.40. The summed E-state index contributed by atoms with van der Waals surface area (Å²) < 4.78 is 6.44. The second kappa shape index (κ2) is 5.00. The zero-order valence-electron chi connectivity index (χ0n) is 10.6. The van der Waals surface area contributed by atoms with Gasteiger partial charge < -0.3 is 4.74 Å². The van der Waals surface area contributed by atoms with E-state index in [1.54, 1.807) is 16.8 Å². The maximum atomic E-state index is 11.3. The average molecular weight is 245 g/mol. The molecule has 0 aliphatic carbocycles. The van der Waals surface area contributed by atoms with Gasteiger partial charge in [-0.2, -0.15) is 0 Å². The van der Waals surface area contributed by atoms with Crippen LogP contribution >= 0.6 is 0 Å². The third-order valence-corrected chi connectivity index (χ3v) is 2.64. The quantitative estimate of drug-likeness (QED) is 0.779. The van der Waals surface area contributed by atoms with Crippen LogP contribution in [-0.4, -0.2) is 28.1 Å². The maximum Gasteiger partial charge on any atom is 0.337 e. The predicted molar refractivity (Wildman–Crippen MR) is 67.2 cm³/mol. The molecule has 94 valence electrons. The van der Waals surface area contributed by atoms with Gasteiger partial charge in [0.05, 0.1) is 18.9 Å². The molecule has 0 radical (unpaired) electrons. The molecule has 0 bridgehead atoms. The first-order valence-electron chi connectivity index (χ1n) is 5.72. The van der Waals surface area contributed by atoms with E-state index in [0.717, 1.165) is 11.3 Å². The van der Waals surface area contributed by atoms with Crippen LogP contribution < -0.4 is 0 Å². The third-order valence-electron chi connectivity index (χ3n) is 2.64. The molecule has 0 spiro atoms.